The number of hydrogen-bond donors (Lipinski definition) is 1. The summed E-state index contributed by atoms with van der Waals surface area (Å²) in [6, 6.07) is 11.1. The number of benzene rings is 2. The topological polar surface area (TPSA) is 68.5 Å². The van der Waals surface area contributed by atoms with E-state index in [1.165, 1.54) is 19.2 Å². The summed E-state index contributed by atoms with van der Waals surface area (Å²) in [6.45, 7) is 2.04. The van der Waals surface area contributed by atoms with Crippen LogP contribution < -0.4 is 15.7 Å². The molecule has 0 atom stereocenters. The van der Waals surface area contributed by atoms with Gasteiger partial charge in [0.15, 0.2) is 0 Å². The highest BCUT2D eigenvalue weighted by molar-refractivity contribution is 5.85. The number of hydrogen-bond acceptors (Lipinski definition) is 4. The average Bonchev–Trinajstić information content (AvgIpc) is 2.64. The van der Waals surface area contributed by atoms with Crippen molar-refractivity contribution in [2.45, 2.75) is 19.9 Å². The molecule has 0 unspecified atom stereocenters. The molecule has 0 radical (unpaired) electrons. The molecular formula is C20H18FNO4. The van der Waals surface area contributed by atoms with Crippen molar-refractivity contribution >= 4 is 16.9 Å². The lowest BCUT2D eigenvalue weighted by Crippen LogP contribution is -2.27. The van der Waals surface area contributed by atoms with Crippen LogP contribution in [0.15, 0.2) is 51.7 Å². The second kappa shape index (κ2) is 7.39. The van der Waals surface area contributed by atoms with Gasteiger partial charge < -0.3 is 14.5 Å². The monoisotopic (exact) mass is 355 g/mol. The number of methoxy groups -OCH3 is 1. The summed E-state index contributed by atoms with van der Waals surface area (Å²) < 4.78 is 23.4. The molecule has 1 N–H and O–H groups in total. The molecule has 5 nitrogen and oxygen atoms in total. The van der Waals surface area contributed by atoms with Crippen LogP contribution in [0.5, 0.6) is 5.75 Å². The Morgan fingerprint density at radius 3 is 2.62 bits per heavy atom. The third-order valence-electron chi connectivity index (χ3n) is 4.23. The Labute approximate surface area is 149 Å². The molecule has 0 spiro atoms. The van der Waals surface area contributed by atoms with E-state index in [0.717, 1.165) is 10.9 Å². The molecule has 6 heteroatoms. The Morgan fingerprint density at radius 1 is 1.19 bits per heavy atom. The molecule has 3 rings (SSSR count). The van der Waals surface area contributed by atoms with E-state index in [4.69, 9.17) is 9.15 Å². The largest absolute Gasteiger partial charge is 0.497 e. The van der Waals surface area contributed by atoms with Crippen LogP contribution in [0, 0.1) is 12.7 Å². The Morgan fingerprint density at radius 2 is 1.92 bits per heavy atom. The highest BCUT2D eigenvalue weighted by atomic mass is 19.1. The zero-order valence-corrected chi connectivity index (χ0v) is 14.5. The second-order valence-corrected chi connectivity index (χ2v) is 5.94. The lowest BCUT2D eigenvalue weighted by atomic mass is 10.0. The minimum absolute atomic E-state index is 0.0860. The van der Waals surface area contributed by atoms with Crippen LogP contribution >= 0.6 is 0 Å². The molecule has 1 heterocycles. The van der Waals surface area contributed by atoms with Crippen molar-refractivity contribution in [1.29, 1.82) is 0 Å². The number of ether oxygens (including phenoxy) is 1. The van der Waals surface area contributed by atoms with Gasteiger partial charge in [0, 0.05) is 18.0 Å². The summed E-state index contributed by atoms with van der Waals surface area (Å²) in [5.74, 6) is -0.0523. The molecule has 1 aromatic heterocycles. The first-order valence-electron chi connectivity index (χ1n) is 8.09. The molecule has 1 amide bonds. The number of carbonyl (C=O) groups is 1. The van der Waals surface area contributed by atoms with E-state index < -0.39 is 5.63 Å². The molecule has 3 aromatic rings. The smallest absolute Gasteiger partial charge is 0.340 e. The average molecular weight is 355 g/mol. The van der Waals surface area contributed by atoms with Crippen molar-refractivity contribution in [3.05, 3.63) is 75.4 Å². The van der Waals surface area contributed by atoms with Crippen molar-refractivity contribution in [3.63, 3.8) is 0 Å². The fourth-order valence-corrected chi connectivity index (χ4v) is 2.73. The van der Waals surface area contributed by atoms with Crippen molar-refractivity contribution in [2.75, 3.05) is 7.11 Å². The van der Waals surface area contributed by atoms with Gasteiger partial charge in [-0.3, -0.25) is 4.79 Å². The Balaban J connectivity index is 1.78. The van der Waals surface area contributed by atoms with E-state index in [1.54, 1.807) is 37.3 Å². The van der Waals surface area contributed by atoms with Gasteiger partial charge in [0.25, 0.3) is 0 Å². The highest BCUT2D eigenvalue weighted by Gasteiger charge is 2.15. The molecule has 134 valence electrons. The van der Waals surface area contributed by atoms with Gasteiger partial charge in [-0.15, -0.1) is 0 Å². The fraction of sp³-hybridized carbons (Fsp3) is 0.200. The van der Waals surface area contributed by atoms with E-state index in [2.05, 4.69) is 5.32 Å². The zero-order valence-electron chi connectivity index (χ0n) is 14.5. The Kier molecular flexibility index (Phi) is 5.02. The number of halogens is 1. The number of fused-ring (bicyclic) bond motifs is 1. The lowest BCUT2D eigenvalue weighted by Gasteiger charge is -2.09. The van der Waals surface area contributed by atoms with Crippen LogP contribution in [0.3, 0.4) is 0 Å². The normalized spacial score (nSPS) is 10.7. The van der Waals surface area contributed by atoms with Crippen LogP contribution in [-0.2, 0) is 17.8 Å². The predicted octanol–water partition coefficient (Wildman–Crippen LogP) is 3.11. The number of nitrogens with one attached hydrogen (secondary N) is 1. The highest BCUT2D eigenvalue weighted by Crippen LogP contribution is 2.24. The molecule has 0 bridgehead atoms. The number of rotatable bonds is 5. The number of aryl methyl sites for hydroxylation is 1. The summed E-state index contributed by atoms with van der Waals surface area (Å²) >= 11 is 0. The third kappa shape index (κ3) is 3.74. The predicted molar refractivity (Wildman–Crippen MR) is 95.7 cm³/mol. The van der Waals surface area contributed by atoms with Gasteiger partial charge in [0.1, 0.15) is 17.1 Å². The lowest BCUT2D eigenvalue weighted by molar-refractivity contribution is -0.120. The van der Waals surface area contributed by atoms with Crippen LogP contribution in [0.2, 0.25) is 0 Å². The molecule has 2 aromatic carbocycles. The van der Waals surface area contributed by atoms with Crippen LogP contribution in [0.1, 0.15) is 16.7 Å². The summed E-state index contributed by atoms with van der Waals surface area (Å²) in [7, 11) is 1.53. The van der Waals surface area contributed by atoms with Crippen molar-refractivity contribution < 1.29 is 18.3 Å². The molecular weight excluding hydrogens is 337 g/mol. The number of carbonyl (C=O) groups excluding carboxylic acids is 1. The minimum atomic E-state index is -0.541. The molecule has 0 saturated carbocycles. The van der Waals surface area contributed by atoms with E-state index in [0.29, 0.717) is 22.5 Å². The van der Waals surface area contributed by atoms with Gasteiger partial charge >= 0.3 is 5.63 Å². The van der Waals surface area contributed by atoms with Gasteiger partial charge in [0.2, 0.25) is 5.91 Å². The van der Waals surface area contributed by atoms with Gasteiger partial charge in [0.05, 0.1) is 19.1 Å². The molecule has 0 aliphatic carbocycles. The molecule has 26 heavy (non-hydrogen) atoms. The zero-order chi connectivity index (χ0) is 18.7. The molecule has 0 fully saturated rings. The Hall–Kier alpha value is -3.15. The van der Waals surface area contributed by atoms with E-state index in [1.807, 2.05) is 0 Å². The van der Waals surface area contributed by atoms with Gasteiger partial charge in [-0.2, -0.15) is 0 Å². The van der Waals surface area contributed by atoms with Gasteiger partial charge in [-0.1, -0.05) is 12.1 Å². The van der Waals surface area contributed by atoms with Crippen LogP contribution in [0.25, 0.3) is 11.0 Å². The summed E-state index contributed by atoms with van der Waals surface area (Å²) in [5, 5.41) is 3.48. The van der Waals surface area contributed by atoms with E-state index >= 15 is 0 Å². The first-order valence-corrected chi connectivity index (χ1v) is 8.09. The minimum Gasteiger partial charge on any atom is -0.497 e. The summed E-state index contributed by atoms with van der Waals surface area (Å²) in [4.78, 5) is 24.5. The van der Waals surface area contributed by atoms with E-state index in [9.17, 15) is 14.0 Å². The first kappa shape index (κ1) is 17.7. The van der Waals surface area contributed by atoms with Crippen molar-refractivity contribution in [3.8, 4) is 5.75 Å². The summed E-state index contributed by atoms with van der Waals surface area (Å²) in [5.41, 5.74) is 1.67. The molecule has 0 aliphatic heterocycles. The second-order valence-electron chi connectivity index (χ2n) is 5.94. The van der Waals surface area contributed by atoms with Gasteiger partial charge in [-0.25, -0.2) is 9.18 Å². The SMILES string of the molecule is COc1ccc2c(C)c(CC(=O)NCc3ccc(F)cc3)c(=O)oc2c1. The fourth-order valence-electron chi connectivity index (χ4n) is 2.73. The van der Waals surface area contributed by atoms with Crippen molar-refractivity contribution in [1.82, 2.24) is 5.32 Å². The van der Waals surface area contributed by atoms with Crippen LogP contribution in [0.4, 0.5) is 4.39 Å². The standard InChI is InChI=1S/C20H18FNO4/c1-12-16-8-7-15(25-2)9-18(16)26-20(24)17(12)10-19(23)22-11-13-3-5-14(21)6-4-13/h3-9H,10-11H2,1-2H3,(H,22,23). The van der Waals surface area contributed by atoms with Crippen LogP contribution in [-0.4, -0.2) is 13.0 Å². The maximum absolute atomic E-state index is 12.9. The quantitative estimate of drug-likeness (QED) is 0.714. The first-order chi connectivity index (χ1) is 12.5. The molecule has 0 aliphatic rings. The third-order valence-corrected chi connectivity index (χ3v) is 4.23. The van der Waals surface area contributed by atoms with Gasteiger partial charge in [-0.05, 0) is 42.3 Å². The van der Waals surface area contributed by atoms with Crippen molar-refractivity contribution in [2.24, 2.45) is 0 Å². The molecule has 0 saturated heterocycles. The maximum atomic E-state index is 12.9. The number of amides is 1. The summed E-state index contributed by atoms with van der Waals surface area (Å²) in [6.07, 6.45) is -0.0860. The Bertz CT molecular complexity index is 1010. The maximum Gasteiger partial charge on any atom is 0.340 e. The van der Waals surface area contributed by atoms with E-state index in [-0.39, 0.29) is 24.7 Å².